The largest absolute Gasteiger partial charge is 0.385 e. The molecule has 0 aromatic heterocycles. The van der Waals surface area contributed by atoms with Gasteiger partial charge in [0.25, 0.3) is 0 Å². The minimum absolute atomic E-state index is 0.0309. The summed E-state index contributed by atoms with van der Waals surface area (Å²) in [6.07, 6.45) is -3.61. The molecule has 0 radical (unpaired) electrons. The molecule has 1 aliphatic rings. The van der Waals surface area contributed by atoms with Crippen LogP contribution in [0, 0.1) is 0 Å². The summed E-state index contributed by atoms with van der Waals surface area (Å²) < 4.78 is 9.78. The molecule has 2 N–H and O–H groups in total. The van der Waals surface area contributed by atoms with E-state index in [0.29, 0.717) is 0 Å². The molecule has 7 heteroatoms. The van der Waals surface area contributed by atoms with Gasteiger partial charge in [-0.05, 0) is 5.53 Å². The van der Waals surface area contributed by atoms with Crippen LogP contribution in [0.1, 0.15) is 0 Å². The van der Waals surface area contributed by atoms with Crippen molar-refractivity contribution in [3.8, 4) is 0 Å². The molecule has 0 amide bonds. The number of methoxy groups -OCH3 is 1. The highest BCUT2D eigenvalue weighted by atomic mass is 16.7. The van der Waals surface area contributed by atoms with Crippen LogP contribution in [0.5, 0.6) is 0 Å². The molecule has 1 saturated heterocycles. The van der Waals surface area contributed by atoms with Gasteiger partial charge in [0.05, 0.1) is 12.6 Å². The van der Waals surface area contributed by atoms with E-state index in [-0.39, 0.29) is 6.54 Å². The van der Waals surface area contributed by atoms with Crippen molar-refractivity contribution in [2.75, 3.05) is 13.7 Å². The van der Waals surface area contributed by atoms with E-state index in [9.17, 15) is 5.11 Å². The maximum Gasteiger partial charge on any atom is 0.183 e. The molecule has 0 aromatic carbocycles. The smallest absolute Gasteiger partial charge is 0.183 e. The third-order valence-electron chi connectivity index (χ3n) is 1.91. The van der Waals surface area contributed by atoms with Crippen molar-refractivity contribution >= 4 is 0 Å². The fourth-order valence-corrected chi connectivity index (χ4v) is 1.27. The SMILES string of the molecule is CO[C@H]1[C@@H](CN=[N+]=[N-])OC(O)[C@@H]1O. The molecule has 0 saturated carbocycles. The van der Waals surface area contributed by atoms with Crippen molar-refractivity contribution in [2.45, 2.75) is 24.6 Å². The Labute approximate surface area is 74.5 Å². The molecule has 74 valence electrons. The number of ether oxygens (including phenoxy) is 2. The molecule has 0 bridgehead atoms. The van der Waals surface area contributed by atoms with Crippen LogP contribution in [-0.4, -0.2) is 48.5 Å². The first-order valence-corrected chi connectivity index (χ1v) is 3.76. The van der Waals surface area contributed by atoms with Crippen LogP contribution in [0.2, 0.25) is 0 Å². The Kier molecular flexibility index (Phi) is 3.47. The number of hydrogen-bond donors (Lipinski definition) is 2. The van der Waals surface area contributed by atoms with Crippen LogP contribution in [0.15, 0.2) is 5.11 Å². The molecule has 0 spiro atoms. The van der Waals surface area contributed by atoms with Crippen molar-refractivity contribution in [1.82, 2.24) is 0 Å². The number of aliphatic hydroxyl groups excluding tert-OH is 2. The quantitative estimate of drug-likeness (QED) is 0.350. The van der Waals surface area contributed by atoms with Crippen molar-refractivity contribution in [3.63, 3.8) is 0 Å². The van der Waals surface area contributed by atoms with E-state index in [4.69, 9.17) is 20.1 Å². The molecule has 1 heterocycles. The van der Waals surface area contributed by atoms with Crippen LogP contribution in [0.3, 0.4) is 0 Å². The van der Waals surface area contributed by atoms with Gasteiger partial charge in [-0.2, -0.15) is 0 Å². The van der Waals surface area contributed by atoms with Gasteiger partial charge in [0, 0.05) is 12.0 Å². The van der Waals surface area contributed by atoms with Gasteiger partial charge in [-0.3, -0.25) is 0 Å². The first kappa shape index (κ1) is 10.2. The summed E-state index contributed by atoms with van der Waals surface area (Å²) in [5.74, 6) is 0. The van der Waals surface area contributed by atoms with Crippen LogP contribution in [-0.2, 0) is 9.47 Å². The highest BCUT2D eigenvalue weighted by Gasteiger charge is 2.42. The molecule has 1 unspecified atom stereocenters. The van der Waals surface area contributed by atoms with Crippen molar-refractivity contribution in [1.29, 1.82) is 0 Å². The zero-order chi connectivity index (χ0) is 9.84. The van der Waals surface area contributed by atoms with E-state index in [2.05, 4.69) is 10.0 Å². The second-order valence-corrected chi connectivity index (χ2v) is 2.67. The second kappa shape index (κ2) is 4.40. The van der Waals surface area contributed by atoms with Crippen molar-refractivity contribution in [3.05, 3.63) is 10.4 Å². The first-order valence-electron chi connectivity index (χ1n) is 3.76. The Bertz CT molecular complexity index is 218. The number of aliphatic hydroxyl groups is 2. The van der Waals surface area contributed by atoms with Gasteiger partial charge in [-0.1, -0.05) is 5.11 Å². The Hall–Kier alpha value is -0.850. The van der Waals surface area contributed by atoms with Crippen molar-refractivity contribution in [2.24, 2.45) is 5.11 Å². The maximum absolute atomic E-state index is 9.29. The third-order valence-corrected chi connectivity index (χ3v) is 1.91. The van der Waals surface area contributed by atoms with Crippen molar-refractivity contribution < 1.29 is 19.7 Å². The van der Waals surface area contributed by atoms with E-state index in [1.807, 2.05) is 0 Å². The third kappa shape index (κ3) is 2.09. The molecule has 4 atom stereocenters. The average molecular weight is 189 g/mol. The molecule has 7 nitrogen and oxygen atoms in total. The lowest BCUT2D eigenvalue weighted by atomic mass is 10.1. The fourth-order valence-electron chi connectivity index (χ4n) is 1.27. The first-order chi connectivity index (χ1) is 6.20. The Morgan fingerprint density at radius 3 is 2.85 bits per heavy atom. The number of azide groups is 1. The number of rotatable bonds is 3. The molecule has 13 heavy (non-hydrogen) atoms. The lowest BCUT2D eigenvalue weighted by Crippen LogP contribution is -2.35. The predicted molar refractivity (Wildman–Crippen MR) is 41.7 cm³/mol. The standard InChI is InChI=1S/C6H11N3O4/c1-12-5-3(2-8-9-7)13-6(11)4(5)10/h3-6,10-11H,2H2,1H3/t3-,4-,5+,6?/m1/s1. The van der Waals surface area contributed by atoms with E-state index < -0.39 is 24.6 Å². The highest BCUT2D eigenvalue weighted by Crippen LogP contribution is 2.22. The van der Waals surface area contributed by atoms with E-state index in [1.165, 1.54) is 7.11 Å². The van der Waals surface area contributed by atoms with Gasteiger partial charge in [0.1, 0.15) is 12.2 Å². The number of nitrogens with zero attached hydrogens (tertiary/aromatic N) is 3. The molecule has 1 rings (SSSR count). The predicted octanol–water partition coefficient (Wildman–Crippen LogP) is -0.610. The van der Waals surface area contributed by atoms with E-state index in [0.717, 1.165) is 0 Å². The van der Waals surface area contributed by atoms with Crippen LogP contribution in [0.4, 0.5) is 0 Å². The van der Waals surface area contributed by atoms with E-state index >= 15 is 0 Å². The minimum Gasteiger partial charge on any atom is -0.385 e. The summed E-state index contributed by atoms with van der Waals surface area (Å²) in [6, 6.07) is 0. The summed E-state index contributed by atoms with van der Waals surface area (Å²) in [5.41, 5.74) is 8.05. The van der Waals surface area contributed by atoms with E-state index in [1.54, 1.807) is 0 Å². The Morgan fingerprint density at radius 1 is 1.62 bits per heavy atom. The van der Waals surface area contributed by atoms with Crippen LogP contribution < -0.4 is 0 Å². The summed E-state index contributed by atoms with van der Waals surface area (Å²) in [6.45, 7) is 0.0309. The Balaban J connectivity index is 2.59. The lowest BCUT2D eigenvalue weighted by molar-refractivity contribution is -0.125. The molecule has 1 aliphatic heterocycles. The normalized spacial score (nSPS) is 38.7. The van der Waals surface area contributed by atoms with Gasteiger partial charge in [0.2, 0.25) is 0 Å². The van der Waals surface area contributed by atoms with Gasteiger partial charge in [-0.15, -0.1) is 0 Å². The second-order valence-electron chi connectivity index (χ2n) is 2.67. The minimum atomic E-state index is -1.27. The molecule has 0 aliphatic carbocycles. The molecule has 1 fully saturated rings. The molecular formula is C6H11N3O4. The molecule has 0 aromatic rings. The summed E-state index contributed by atoms with van der Waals surface area (Å²) in [7, 11) is 1.39. The van der Waals surface area contributed by atoms with Gasteiger partial charge < -0.3 is 19.7 Å². The van der Waals surface area contributed by atoms with Crippen LogP contribution in [0.25, 0.3) is 10.4 Å². The maximum atomic E-state index is 9.29. The summed E-state index contributed by atoms with van der Waals surface area (Å²) >= 11 is 0. The monoisotopic (exact) mass is 189 g/mol. The lowest BCUT2D eigenvalue weighted by Gasteiger charge is -2.15. The van der Waals surface area contributed by atoms with Gasteiger partial charge >= 0.3 is 0 Å². The van der Waals surface area contributed by atoms with Gasteiger partial charge in [0.15, 0.2) is 6.29 Å². The fraction of sp³-hybridized carbons (Fsp3) is 1.00. The summed E-state index contributed by atoms with van der Waals surface area (Å²) in [5, 5.41) is 21.6. The zero-order valence-corrected chi connectivity index (χ0v) is 7.07. The number of hydrogen-bond acceptors (Lipinski definition) is 5. The summed E-state index contributed by atoms with van der Waals surface area (Å²) in [4.78, 5) is 2.54. The Morgan fingerprint density at radius 2 is 2.31 bits per heavy atom. The zero-order valence-electron chi connectivity index (χ0n) is 7.07. The van der Waals surface area contributed by atoms with Gasteiger partial charge in [-0.25, -0.2) is 0 Å². The molecular weight excluding hydrogens is 178 g/mol. The van der Waals surface area contributed by atoms with Crippen LogP contribution >= 0.6 is 0 Å². The topological polar surface area (TPSA) is 108 Å². The highest BCUT2D eigenvalue weighted by molar-refractivity contribution is 4.88. The average Bonchev–Trinajstić information content (AvgIpc) is 2.39.